The Hall–Kier alpha value is -3.53. The predicted octanol–water partition coefficient (Wildman–Crippen LogP) is 8.66. The Kier molecular flexibility index (Phi) is 10.8. The molecular weight excluding hydrogens is 702 g/mol. The normalized spacial score (nSPS) is 29.6. The fraction of sp³-hybridized carbons (Fsp3) is 0.591. The molecule has 2 fully saturated rings. The molecular formula is C44H56ClN3O6. The van der Waals surface area contributed by atoms with Crippen molar-refractivity contribution in [2.24, 2.45) is 17.8 Å². The van der Waals surface area contributed by atoms with E-state index >= 15 is 0 Å². The van der Waals surface area contributed by atoms with Gasteiger partial charge in [0.05, 0.1) is 19.8 Å². The maximum atomic E-state index is 13.1. The van der Waals surface area contributed by atoms with Crippen LogP contribution >= 0.6 is 11.6 Å². The smallest absolute Gasteiger partial charge is 0.329 e. The molecule has 5 aliphatic rings. The van der Waals surface area contributed by atoms with E-state index in [2.05, 4.69) is 41.2 Å². The molecule has 2 unspecified atom stereocenters. The number of likely N-dealkylation sites (tertiary alicyclic amines) is 1. The number of nitrogens with zero attached hydrogens (tertiary/aromatic N) is 2. The molecule has 1 saturated heterocycles. The van der Waals surface area contributed by atoms with Gasteiger partial charge in [-0.1, -0.05) is 31.5 Å². The van der Waals surface area contributed by atoms with Crippen LogP contribution in [0.2, 0.25) is 5.02 Å². The molecule has 1 spiro atoms. The molecule has 2 aromatic carbocycles. The SMILES string of the molecule is COC1CCCN1CC1COc2cc3c(cc2OC1)C1(CCC(Nc2cccc(Cl)c2)(C(=O)O)CC1)[C@@H](C[C@@H](C)COc1ccnc2c1[C@H](C)CCC2)C3. The lowest BCUT2D eigenvalue weighted by Crippen LogP contribution is -2.53. The van der Waals surface area contributed by atoms with Gasteiger partial charge in [-0.2, -0.15) is 0 Å². The maximum absolute atomic E-state index is 13.1. The second-order valence-electron chi connectivity index (χ2n) is 17.0. The zero-order chi connectivity index (χ0) is 37.5. The van der Waals surface area contributed by atoms with Gasteiger partial charge in [-0.15, -0.1) is 0 Å². The number of carbonyl (C=O) groups is 1. The number of anilines is 1. The first-order valence-electron chi connectivity index (χ1n) is 20.2. The van der Waals surface area contributed by atoms with Gasteiger partial charge in [0.25, 0.3) is 0 Å². The highest BCUT2D eigenvalue weighted by Gasteiger charge is 2.54. The molecule has 1 saturated carbocycles. The molecule has 5 atom stereocenters. The van der Waals surface area contributed by atoms with E-state index in [4.69, 9.17) is 30.5 Å². The topological polar surface area (TPSA) is 102 Å². The second kappa shape index (κ2) is 15.5. The van der Waals surface area contributed by atoms with E-state index in [1.807, 2.05) is 36.5 Å². The summed E-state index contributed by atoms with van der Waals surface area (Å²) in [5.41, 5.74) is 4.55. The summed E-state index contributed by atoms with van der Waals surface area (Å²) in [6, 6.07) is 13.9. The van der Waals surface area contributed by atoms with Crippen LogP contribution in [0.5, 0.6) is 17.2 Å². The lowest BCUT2D eigenvalue weighted by Gasteiger charge is -2.47. The van der Waals surface area contributed by atoms with E-state index in [0.29, 0.717) is 55.4 Å². The van der Waals surface area contributed by atoms with Crippen LogP contribution in [0.1, 0.15) is 99.9 Å². The zero-order valence-corrected chi connectivity index (χ0v) is 32.8. The van der Waals surface area contributed by atoms with Crippen molar-refractivity contribution in [2.75, 3.05) is 45.3 Å². The van der Waals surface area contributed by atoms with Gasteiger partial charge >= 0.3 is 5.97 Å². The summed E-state index contributed by atoms with van der Waals surface area (Å²) in [5, 5.41) is 14.7. The first-order chi connectivity index (χ1) is 26.2. The first kappa shape index (κ1) is 37.4. The molecule has 1 aromatic heterocycles. The van der Waals surface area contributed by atoms with Gasteiger partial charge in [0.15, 0.2) is 11.5 Å². The van der Waals surface area contributed by atoms with Gasteiger partial charge in [-0.25, -0.2) is 4.79 Å². The van der Waals surface area contributed by atoms with Crippen LogP contribution in [0.15, 0.2) is 48.7 Å². The molecule has 3 aliphatic carbocycles. The molecule has 2 N–H and O–H groups in total. The number of fused-ring (bicyclic) bond motifs is 4. The molecule has 290 valence electrons. The molecule has 54 heavy (non-hydrogen) atoms. The lowest BCUT2D eigenvalue weighted by atomic mass is 9.59. The van der Waals surface area contributed by atoms with Crippen molar-refractivity contribution >= 4 is 23.3 Å². The van der Waals surface area contributed by atoms with E-state index in [-0.39, 0.29) is 17.6 Å². The summed E-state index contributed by atoms with van der Waals surface area (Å²) in [5.74, 6) is 3.11. The van der Waals surface area contributed by atoms with Crippen molar-refractivity contribution in [3.8, 4) is 17.2 Å². The Balaban J connectivity index is 1.04. The number of carboxylic acids is 1. The number of pyridine rings is 1. The highest BCUT2D eigenvalue weighted by molar-refractivity contribution is 6.30. The van der Waals surface area contributed by atoms with Crippen LogP contribution in [0.4, 0.5) is 5.69 Å². The molecule has 3 heterocycles. The zero-order valence-electron chi connectivity index (χ0n) is 32.1. The van der Waals surface area contributed by atoms with Gasteiger partial charge in [0.1, 0.15) is 17.5 Å². The third kappa shape index (κ3) is 7.28. The minimum Gasteiger partial charge on any atom is -0.493 e. The molecule has 0 radical (unpaired) electrons. The minimum atomic E-state index is -1.08. The Morgan fingerprint density at radius 2 is 1.89 bits per heavy atom. The Morgan fingerprint density at radius 1 is 1.09 bits per heavy atom. The van der Waals surface area contributed by atoms with E-state index < -0.39 is 11.5 Å². The van der Waals surface area contributed by atoms with Crippen molar-refractivity contribution in [1.29, 1.82) is 0 Å². The first-order valence-corrected chi connectivity index (χ1v) is 20.6. The fourth-order valence-corrected chi connectivity index (χ4v) is 10.7. The molecule has 0 bridgehead atoms. The number of aliphatic carboxylic acids is 1. The number of benzene rings is 2. The lowest BCUT2D eigenvalue weighted by molar-refractivity contribution is -0.144. The molecule has 9 nitrogen and oxygen atoms in total. The quantitative estimate of drug-likeness (QED) is 0.199. The van der Waals surface area contributed by atoms with Crippen molar-refractivity contribution in [1.82, 2.24) is 9.88 Å². The standard InChI is InChI=1S/C44H56ClN3O6/c1-28(25-52-37-12-17-46-36-10-4-7-29(2)41(36)37)19-32-20-31-21-38-39(54-27-30(26-53-38)24-48-18-6-11-40(48)51-3)23-35(31)43(32)13-15-44(16-14-43,42(49)50)47-34-9-5-8-33(45)22-34/h5,8-9,12,17,21-23,28-30,32,40,47H,4,6-7,10-11,13-16,18-20,24-27H2,1-3H3,(H,49,50)/t28-,29-,30?,32+,40?,43?,44?/m1/s1. The molecule has 3 aromatic rings. The summed E-state index contributed by atoms with van der Waals surface area (Å²) in [7, 11) is 1.80. The van der Waals surface area contributed by atoms with Crippen molar-refractivity contribution < 1.29 is 28.8 Å². The van der Waals surface area contributed by atoms with Crippen LogP contribution in [0, 0.1) is 17.8 Å². The Morgan fingerprint density at radius 3 is 2.65 bits per heavy atom. The number of carboxylic acid groups (broad SMARTS) is 1. The molecule has 0 amide bonds. The van der Waals surface area contributed by atoms with E-state index in [1.54, 1.807) is 7.11 Å². The van der Waals surface area contributed by atoms with Crippen molar-refractivity contribution in [3.63, 3.8) is 0 Å². The van der Waals surface area contributed by atoms with Crippen LogP contribution < -0.4 is 19.5 Å². The van der Waals surface area contributed by atoms with E-state index in [9.17, 15) is 9.90 Å². The number of aromatic nitrogens is 1. The van der Waals surface area contributed by atoms with E-state index in [1.165, 1.54) is 35.2 Å². The highest BCUT2D eigenvalue weighted by Crippen LogP contribution is 2.58. The maximum Gasteiger partial charge on any atom is 0.329 e. The van der Waals surface area contributed by atoms with Gasteiger partial charge in [-0.3, -0.25) is 9.88 Å². The van der Waals surface area contributed by atoms with Gasteiger partial charge in [0.2, 0.25) is 0 Å². The molecule has 8 rings (SSSR count). The summed E-state index contributed by atoms with van der Waals surface area (Å²) in [6.45, 7) is 8.34. The van der Waals surface area contributed by atoms with Crippen LogP contribution in [-0.2, 0) is 27.8 Å². The number of hydrogen-bond donors (Lipinski definition) is 2. The van der Waals surface area contributed by atoms with Crippen molar-refractivity contribution in [2.45, 2.75) is 108 Å². The van der Waals surface area contributed by atoms with Gasteiger partial charge < -0.3 is 29.4 Å². The Bertz CT molecular complexity index is 1830. The van der Waals surface area contributed by atoms with Crippen molar-refractivity contribution in [3.05, 3.63) is 76.1 Å². The Labute approximate surface area is 325 Å². The van der Waals surface area contributed by atoms with Crippen LogP contribution in [0.25, 0.3) is 0 Å². The number of rotatable bonds is 11. The number of methoxy groups -OCH3 is 1. The largest absolute Gasteiger partial charge is 0.493 e. The van der Waals surface area contributed by atoms with Crippen LogP contribution in [0.3, 0.4) is 0 Å². The number of nitrogens with one attached hydrogen (secondary N) is 1. The van der Waals surface area contributed by atoms with Crippen LogP contribution in [-0.4, -0.2) is 72.7 Å². The number of aryl methyl sites for hydroxylation is 1. The van der Waals surface area contributed by atoms with Gasteiger partial charge in [0, 0.05) is 54.3 Å². The third-order valence-electron chi connectivity index (χ3n) is 13.4. The molecule has 2 aliphatic heterocycles. The summed E-state index contributed by atoms with van der Waals surface area (Å²) in [6.07, 6.45) is 12.1. The minimum absolute atomic E-state index is 0.167. The number of halogens is 1. The monoisotopic (exact) mass is 757 g/mol. The average Bonchev–Trinajstić information content (AvgIpc) is 3.66. The predicted molar refractivity (Wildman–Crippen MR) is 210 cm³/mol. The fourth-order valence-electron chi connectivity index (χ4n) is 10.5. The summed E-state index contributed by atoms with van der Waals surface area (Å²) >= 11 is 6.32. The van der Waals surface area contributed by atoms with Gasteiger partial charge in [-0.05, 0) is 141 Å². The average molecular weight is 758 g/mol. The molecule has 10 heteroatoms. The number of ether oxygens (including phenoxy) is 4. The summed E-state index contributed by atoms with van der Waals surface area (Å²) in [4.78, 5) is 20.2. The van der Waals surface area contributed by atoms with E-state index in [0.717, 1.165) is 81.0 Å². The third-order valence-corrected chi connectivity index (χ3v) is 13.6. The number of hydrogen-bond acceptors (Lipinski definition) is 8. The highest BCUT2D eigenvalue weighted by atomic mass is 35.5. The summed E-state index contributed by atoms with van der Waals surface area (Å²) < 4.78 is 25.5. The second-order valence-corrected chi connectivity index (χ2v) is 17.4.